The van der Waals surface area contributed by atoms with E-state index in [1.807, 2.05) is 47.4 Å². The zero-order valence-corrected chi connectivity index (χ0v) is 20.3. The summed E-state index contributed by atoms with van der Waals surface area (Å²) in [6.07, 6.45) is 7.17. The Balaban J connectivity index is 1.47. The van der Waals surface area contributed by atoms with Crippen molar-refractivity contribution in [3.05, 3.63) is 82.5 Å². The minimum Gasteiger partial charge on any atom is -0.478 e. The minimum absolute atomic E-state index is 0.0430. The molecule has 1 saturated heterocycles. The predicted molar refractivity (Wildman–Crippen MR) is 139 cm³/mol. The number of carboxylic acids is 1. The molecular formula is C28H26N2O4S. The third kappa shape index (κ3) is 4.82. The molecule has 3 aromatic rings. The number of amides is 1. The van der Waals surface area contributed by atoms with Gasteiger partial charge in [-0.1, -0.05) is 49.6 Å². The number of carboxylic acid groups (broad SMARTS) is 1. The number of carbonyl (C=O) groups excluding carboxylic acids is 1. The second kappa shape index (κ2) is 9.96. The number of nitrogens with zero attached hydrogens (tertiary/aromatic N) is 2. The molecule has 2 fully saturated rings. The van der Waals surface area contributed by atoms with Gasteiger partial charge in [0.2, 0.25) is 0 Å². The van der Waals surface area contributed by atoms with Gasteiger partial charge in [-0.15, -0.1) is 0 Å². The molecule has 2 aliphatic rings. The lowest BCUT2D eigenvalue weighted by Crippen LogP contribution is -2.40. The first-order valence-electron chi connectivity index (χ1n) is 11.8. The Kier molecular flexibility index (Phi) is 6.59. The van der Waals surface area contributed by atoms with Crippen LogP contribution < -0.4 is 0 Å². The maximum absolute atomic E-state index is 13.5. The Labute approximate surface area is 208 Å². The van der Waals surface area contributed by atoms with E-state index < -0.39 is 5.97 Å². The quantitative estimate of drug-likeness (QED) is 0.397. The Morgan fingerprint density at radius 1 is 1.06 bits per heavy atom. The van der Waals surface area contributed by atoms with Crippen LogP contribution in [-0.2, 0) is 4.79 Å². The van der Waals surface area contributed by atoms with Gasteiger partial charge in [0, 0.05) is 17.7 Å². The van der Waals surface area contributed by atoms with Gasteiger partial charge in [-0.25, -0.2) is 9.79 Å². The summed E-state index contributed by atoms with van der Waals surface area (Å²) >= 11 is 1.37. The van der Waals surface area contributed by atoms with E-state index in [-0.39, 0.29) is 17.5 Å². The lowest BCUT2D eigenvalue weighted by molar-refractivity contribution is -0.124. The molecule has 6 nitrogen and oxygen atoms in total. The van der Waals surface area contributed by atoms with Gasteiger partial charge in [0.25, 0.3) is 5.91 Å². The topological polar surface area (TPSA) is 83.1 Å². The summed E-state index contributed by atoms with van der Waals surface area (Å²) in [7, 11) is 0. The molecule has 0 unspecified atom stereocenters. The van der Waals surface area contributed by atoms with Crippen LogP contribution in [-0.4, -0.2) is 33.1 Å². The van der Waals surface area contributed by atoms with Crippen molar-refractivity contribution in [3.8, 4) is 11.3 Å². The summed E-state index contributed by atoms with van der Waals surface area (Å²) in [5.74, 6) is 0.0913. The first kappa shape index (κ1) is 23.2. The molecule has 0 spiro atoms. The van der Waals surface area contributed by atoms with Crippen LogP contribution in [0.1, 0.15) is 53.8 Å². The normalized spacial score (nSPS) is 19.1. The van der Waals surface area contributed by atoms with Crippen LogP contribution >= 0.6 is 11.8 Å². The molecular weight excluding hydrogens is 460 g/mol. The second-order valence-corrected chi connectivity index (χ2v) is 9.80. The number of thioether (sulfide) groups is 1. The summed E-state index contributed by atoms with van der Waals surface area (Å²) in [6.45, 7) is 1.77. The van der Waals surface area contributed by atoms with Crippen LogP contribution in [0.25, 0.3) is 17.4 Å². The highest BCUT2D eigenvalue weighted by molar-refractivity contribution is 8.18. The number of hydrogen-bond donors (Lipinski definition) is 1. The molecule has 1 saturated carbocycles. The summed E-state index contributed by atoms with van der Waals surface area (Å²) in [4.78, 5) is 32.3. The zero-order valence-electron chi connectivity index (χ0n) is 19.4. The number of hydrogen-bond acceptors (Lipinski definition) is 5. The largest absolute Gasteiger partial charge is 0.478 e. The molecule has 0 radical (unpaired) electrons. The molecule has 7 heteroatoms. The average molecular weight is 487 g/mol. The van der Waals surface area contributed by atoms with Crippen LogP contribution in [0.4, 0.5) is 5.69 Å². The fourth-order valence-electron chi connectivity index (χ4n) is 4.68. The highest BCUT2D eigenvalue weighted by atomic mass is 32.2. The van der Waals surface area contributed by atoms with Gasteiger partial charge in [0.1, 0.15) is 11.5 Å². The van der Waals surface area contributed by atoms with Crippen LogP contribution in [0, 0.1) is 6.92 Å². The van der Waals surface area contributed by atoms with E-state index in [1.54, 1.807) is 31.2 Å². The number of furan rings is 1. The molecule has 2 aromatic carbocycles. The van der Waals surface area contributed by atoms with Gasteiger partial charge in [-0.3, -0.25) is 9.69 Å². The maximum atomic E-state index is 13.5. The number of carbonyl (C=O) groups is 2. The lowest BCUT2D eigenvalue weighted by Gasteiger charge is -2.30. The number of aromatic carboxylic acids is 1. The van der Waals surface area contributed by atoms with E-state index in [4.69, 9.17) is 9.41 Å². The van der Waals surface area contributed by atoms with E-state index in [9.17, 15) is 14.7 Å². The molecule has 1 aliphatic carbocycles. The SMILES string of the molecule is Cc1c(C(=O)O)cccc1-c1ccc(/C=C2\SC(=Nc3ccccc3)N(C3CCCCC3)C2=O)o1. The van der Waals surface area contributed by atoms with E-state index in [1.165, 1.54) is 18.2 Å². The zero-order chi connectivity index (χ0) is 24.4. The van der Waals surface area contributed by atoms with Gasteiger partial charge in [-0.05, 0) is 67.4 Å². The number of benzene rings is 2. The molecule has 5 rings (SSSR count). The lowest BCUT2D eigenvalue weighted by atomic mass is 9.94. The molecule has 0 bridgehead atoms. The summed E-state index contributed by atoms with van der Waals surface area (Å²) < 4.78 is 6.04. The van der Waals surface area contributed by atoms with Crippen molar-refractivity contribution in [2.45, 2.75) is 45.1 Å². The van der Waals surface area contributed by atoms with Gasteiger partial charge in [0.15, 0.2) is 5.17 Å². The van der Waals surface area contributed by atoms with Crippen molar-refractivity contribution in [2.75, 3.05) is 0 Å². The number of para-hydroxylation sites is 1. The maximum Gasteiger partial charge on any atom is 0.335 e. The summed E-state index contributed by atoms with van der Waals surface area (Å²) in [5, 5.41) is 10.1. The molecule has 1 aliphatic heterocycles. The average Bonchev–Trinajstić information content (AvgIpc) is 3.44. The monoisotopic (exact) mass is 486 g/mol. The molecule has 1 aromatic heterocycles. The first-order chi connectivity index (χ1) is 17.0. The van der Waals surface area contributed by atoms with E-state index in [0.717, 1.165) is 36.9 Å². The molecule has 178 valence electrons. The van der Waals surface area contributed by atoms with Crippen molar-refractivity contribution in [1.82, 2.24) is 4.90 Å². The fraction of sp³-hybridized carbons (Fsp3) is 0.250. The third-order valence-electron chi connectivity index (χ3n) is 6.49. The Bertz CT molecular complexity index is 1320. The molecule has 2 heterocycles. The van der Waals surface area contributed by atoms with Crippen molar-refractivity contribution in [1.29, 1.82) is 0 Å². The standard InChI is InChI=1S/C28H26N2O4S/c1-18-22(13-8-14-23(18)27(32)33)24-16-15-21(34-24)17-25-26(31)30(20-11-6-3-7-12-20)28(35-25)29-19-9-4-2-5-10-19/h2,4-5,8-10,13-17,20H,3,6-7,11-12H2,1H3,(H,32,33)/b25-17-,29-28?. The molecule has 1 amide bonds. The summed E-state index contributed by atoms with van der Waals surface area (Å²) in [5.41, 5.74) is 2.42. The van der Waals surface area contributed by atoms with E-state index in [2.05, 4.69) is 0 Å². The van der Waals surface area contributed by atoms with Crippen LogP contribution in [0.5, 0.6) is 0 Å². The van der Waals surface area contributed by atoms with Crippen molar-refractivity contribution >= 4 is 40.6 Å². The molecule has 1 N–H and O–H groups in total. The Morgan fingerprint density at radius 3 is 2.57 bits per heavy atom. The highest BCUT2D eigenvalue weighted by Gasteiger charge is 2.38. The first-order valence-corrected chi connectivity index (χ1v) is 12.6. The second-order valence-electron chi connectivity index (χ2n) is 8.79. The van der Waals surface area contributed by atoms with Crippen LogP contribution in [0.2, 0.25) is 0 Å². The van der Waals surface area contributed by atoms with Crippen LogP contribution in [0.3, 0.4) is 0 Å². The number of amidine groups is 1. The van der Waals surface area contributed by atoms with Gasteiger partial charge in [-0.2, -0.15) is 0 Å². The van der Waals surface area contributed by atoms with Crippen molar-refractivity contribution in [2.24, 2.45) is 4.99 Å². The Morgan fingerprint density at radius 2 is 1.83 bits per heavy atom. The predicted octanol–water partition coefficient (Wildman–Crippen LogP) is 6.89. The van der Waals surface area contributed by atoms with Gasteiger partial charge < -0.3 is 9.52 Å². The van der Waals surface area contributed by atoms with E-state index in [0.29, 0.717) is 27.2 Å². The van der Waals surface area contributed by atoms with Gasteiger partial charge in [0.05, 0.1) is 16.2 Å². The van der Waals surface area contributed by atoms with Crippen molar-refractivity contribution in [3.63, 3.8) is 0 Å². The molecule has 35 heavy (non-hydrogen) atoms. The van der Waals surface area contributed by atoms with Gasteiger partial charge >= 0.3 is 5.97 Å². The highest BCUT2D eigenvalue weighted by Crippen LogP contribution is 2.39. The minimum atomic E-state index is -0.973. The van der Waals surface area contributed by atoms with E-state index >= 15 is 0 Å². The third-order valence-corrected chi connectivity index (χ3v) is 7.47. The van der Waals surface area contributed by atoms with Crippen LogP contribution in [0.15, 0.2) is 75.0 Å². The molecule has 0 atom stereocenters. The number of rotatable bonds is 5. The smallest absolute Gasteiger partial charge is 0.335 e. The number of aliphatic imine (C=N–C) groups is 1. The summed E-state index contributed by atoms with van der Waals surface area (Å²) in [6, 6.07) is 18.6. The Hall–Kier alpha value is -3.58. The fourth-order valence-corrected chi connectivity index (χ4v) is 5.72. The van der Waals surface area contributed by atoms with Crippen molar-refractivity contribution < 1.29 is 19.1 Å².